The van der Waals surface area contributed by atoms with Crippen molar-refractivity contribution >= 4 is 18.0 Å². The van der Waals surface area contributed by atoms with E-state index in [0.29, 0.717) is 0 Å². The molecule has 1 atom stereocenters. The van der Waals surface area contributed by atoms with Crippen molar-refractivity contribution in [1.29, 1.82) is 0 Å². The Morgan fingerprint density at radius 2 is 2.17 bits per heavy atom. The predicted molar refractivity (Wildman–Crippen MR) is 60.5 cm³/mol. The third-order valence-corrected chi connectivity index (χ3v) is 2.54. The van der Waals surface area contributed by atoms with Crippen LogP contribution >= 0.6 is 0 Å². The van der Waals surface area contributed by atoms with E-state index in [0.717, 1.165) is 19.4 Å². The molecule has 0 fully saturated rings. The number of aliphatic imine (C=N–C) groups is 1. The smallest absolute Gasteiger partial charge is 0.377 e. The van der Waals surface area contributed by atoms with Crippen molar-refractivity contribution in [3.05, 3.63) is 42.0 Å². The van der Waals surface area contributed by atoms with E-state index in [-0.39, 0.29) is 5.69 Å². The lowest BCUT2D eigenvalue weighted by molar-refractivity contribution is -0.153. The molecular formula is C12H9FN2O3. The molecule has 92 valence electrons. The Bertz CT molecular complexity index is 537. The van der Waals surface area contributed by atoms with Crippen LogP contribution in [0.1, 0.15) is 5.69 Å². The Kier molecular flexibility index (Phi) is 3.01. The first-order valence-corrected chi connectivity index (χ1v) is 5.08. The average molecular weight is 248 g/mol. The van der Waals surface area contributed by atoms with E-state index >= 15 is 0 Å². The second-order valence-corrected chi connectivity index (χ2v) is 3.59. The lowest BCUT2D eigenvalue weighted by Gasteiger charge is -2.20. The Morgan fingerprint density at radius 3 is 2.67 bits per heavy atom. The monoisotopic (exact) mass is 248 g/mol. The Morgan fingerprint density at radius 1 is 1.39 bits per heavy atom. The fourth-order valence-corrected chi connectivity index (χ4v) is 1.64. The van der Waals surface area contributed by atoms with E-state index < -0.39 is 23.1 Å². The molecule has 2 rings (SSSR count). The number of pyridine rings is 1. The summed E-state index contributed by atoms with van der Waals surface area (Å²) in [5.74, 6) is -2.43. The SMILES string of the molecule is COC(=O)C(=O)C1(c2ccc(F)cn2)C=CC=N1. The minimum absolute atomic E-state index is 0.171. The van der Waals surface area contributed by atoms with E-state index in [2.05, 4.69) is 14.7 Å². The first-order valence-electron chi connectivity index (χ1n) is 5.08. The molecule has 0 saturated carbocycles. The van der Waals surface area contributed by atoms with Gasteiger partial charge in [0.1, 0.15) is 5.82 Å². The van der Waals surface area contributed by atoms with Crippen LogP contribution in [0.15, 0.2) is 35.5 Å². The molecule has 1 unspecified atom stereocenters. The number of hydrogen-bond donors (Lipinski definition) is 0. The van der Waals surface area contributed by atoms with Crippen molar-refractivity contribution in [2.24, 2.45) is 4.99 Å². The summed E-state index contributed by atoms with van der Waals surface area (Å²) in [4.78, 5) is 31.1. The lowest BCUT2D eigenvalue weighted by Crippen LogP contribution is -2.37. The van der Waals surface area contributed by atoms with E-state index in [1.807, 2.05) is 0 Å². The minimum atomic E-state index is -1.54. The number of nitrogens with zero attached hydrogens (tertiary/aromatic N) is 2. The zero-order valence-corrected chi connectivity index (χ0v) is 9.46. The van der Waals surface area contributed by atoms with Crippen LogP contribution in [0.2, 0.25) is 0 Å². The van der Waals surface area contributed by atoms with Gasteiger partial charge in [0.15, 0.2) is 5.54 Å². The molecule has 2 heterocycles. The lowest BCUT2D eigenvalue weighted by atomic mass is 9.90. The number of ether oxygens (including phenoxy) is 1. The number of ketones is 1. The number of Topliss-reactive ketones (excluding diaryl/α,β-unsaturated/α-hetero) is 1. The number of allylic oxidation sites excluding steroid dienone is 1. The van der Waals surface area contributed by atoms with Gasteiger partial charge in [0.2, 0.25) is 0 Å². The van der Waals surface area contributed by atoms with Crippen LogP contribution in [0, 0.1) is 5.82 Å². The van der Waals surface area contributed by atoms with Crippen LogP contribution in [-0.4, -0.2) is 30.1 Å². The predicted octanol–water partition coefficient (Wildman–Crippen LogP) is 0.799. The number of aromatic nitrogens is 1. The van der Waals surface area contributed by atoms with Crippen LogP contribution in [0.5, 0.6) is 0 Å². The Balaban J connectivity index is 2.49. The molecule has 0 saturated heterocycles. The Labute approximate surface area is 102 Å². The maximum absolute atomic E-state index is 12.8. The van der Waals surface area contributed by atoms with Crippen molar-refractivity contribution in [2.45, 2.75) is 5.54 Å². The molecular weight excluding hydrogens is 239 g/mol. The van der Waals surface area contributed by atoms with Gasteiger partial charge in [-0.3, -0.25) is 14.8 Å². The summed E-state index contributed by atoms with van der Waals surface area (Å²) >= 11 is 0. The van der Waals surface area contributed by atoms with E-state index in [1.54, 1.807) is 0 Å². The first-order chi connectivity index (χ1) is 8.60. The summed E-state index contributed by atoms with van der Waals surface area (Å²) in [6.45, 7) is 0. The molecule has 1 aliphatic heterocycles. The van der Waals surface area contributed by atoms with Crippen LogP contribution in [0.25, 0.3) is 0 Å². The number of hydrogen-bond acceptors (Lipinski definition) is 5. The van der Waals surface area contributed by atoms with Gasteiger partial charge in [-0.25, -0.2) is 9.18 Å². The minimum Gasteiger partial charge on any atom is -0.463 e. The molecule has 0 amide bonds. The van der Waals surface area contributed by atoms with E-state index in [9.17, 15) is 14.0 Å². The van der Waals surface area contributed by atoms with Crippen molar-refractivity contribution in [2.75, 3.05) is 7.11 Å². The second kappa shape index (κ2) is 4.48. The summed E-state index contributed by atoms with van der Waals surface area (Å²) in [5, 5.41) is 0. The first kappa shape index (κ1) is 12.1. The van der Waals surface area contributed by atoms with Gasteiger partial charge in [0, 0.05) is 6.21 Å². The number of carbonyl (C=O) groups is 2. The number of rotatable bonds is 3. The van der Waals surface area contributed by atoms with Gasteiger partial charge in [-0.15, -0.1) is 0 Å². The summed E-state index contributed by atoms with van der Waals surface area (Å²) in [5.41, 5.74) is -1.37. The molecule has 1 aromatic heterocycles. The quantitative estimate of drug-likeness (QED) is 0.586. The van der Waals surface area contributed by atoms with Crippen molar-refractivity contribution in [1.82, 2.24) is 4.98 Å². The fraction of sp³-hybridized carbons (Fsp3) is 0.167. The van der Waals surface area contributed by atoms with Crippen LogP contribution in [-0.2, 0) is 19.9 Å². The highest BCUT2D eigenvalue weighted by Crippen LogP contribution is 2.30. The highest BCUT2D eigenvalue weighted by Gasteiger charge is 2.44. The highest BCUT2D eigenvalue weighted by atomic mass is 19.1. The van der Waals surface area contributed by atoms with E-state index in [1.165, 1.54) is 24.4 Å². The maximum atomic E-state index is 12.8. The molecule has 0 spiro atoms. The number of methoxy groups -OCH3 is 1. The third kappa shape index (κ3) is 1.81. The van der Waals surface area contributed by atoms with Crippen LogP contribution in [0.3, 0.4) is 0 Å². The molecule has 1 aliphatic rings. The van der Waals surface area contributed by atoms with Gasteiger partial charge < -0.3 is 4.74 Å². The largest absolute Gasteiger partial charge is 0.463 e. The average Bonchev–Trinajstić information content (AvgIpc) is 2.88. The molecule has 0 bridgehead atoms. The Hall–Kier alpha value is -2.37. The number of halogens is 1. The van der Waals surface area contributed by atoms with Crippen molar-refractivity contribution < 1.29 is 18.7 Å². The molecule has 0 aromatic carbocycles. The highest BCUT2D eigenvalue weighted by molar-refractivity contribution is 6.38. The van der Waals surface area contributed by atoms with Gasteiger partial charge in [-0.1, -0.05) is 0 Å². The van der Waals surface area contributed by atoms with Crippen molar-refractivity contribution in [3.63, 3.8) is 0 Å². The zero-order chi connectivity index (χ0) is 13.2. The van der Waals surface area contributed by atoms with E-state index in [4.69, 9.17) is 0 Å². The standard InChI is InChI=1S/C12H9FN2O3/c1-18-11(17)10(16)12(5-2-6-15-12)9-4-3-8(13)7-14-9/h2-7H,1H3. The summed E-state index contributed by atoms with van der Waals surface area (Å²) < 4.78 is 17.2. The fourth-order valence-electron chi connectivity index (χ4n) is 1.64. The second-order valence-electron chi connectivity index (χ2n) is 3.59. The summed E-state index contributed by atoms with van der Waals surface area (Å²) in [6, 6.07) is 2.46. The van der Waals surface area contributed by atoms with Crippen LogP contribution in [0.4, 0.5) is 4.39 Å². The molecule has 1 aromatic rings. The van der Waals surface area contributed by atoms with Crippen LogP contribution < -0.4 is 0 Å². The van der Waals surface area contributed by atoms with Crippen molar-refractivity contribution in [3.8, 4) is 0 Å². The van der Waals surface area contributed by atoms with Gasteiger partial charge in [-0.2, -0.15) is 0 Å². The maximum Gasteiger partial charge on any atom is 0.377 e. The topological polar surface area (TPSA) is 68.6 Å². The molecule has 5 nitrogen and oxygen atoms in total. The number of esters is 1. The van der Waals surface area contributed by atoms with Gasteiger partial charge in [0.05, 0.1) is 19.0 Å². The molecule has 0 aliphatic carbocycles. The summed E-state index contributed by atoms with van der Waals surface area (Å²) in [6.07, 6.45) is 5.29. The van der Waals surface area contributed by atoms with Gasteiger partial charge >= 0.3 is 5.97 Å². The molecule has 6 heteroatoms. The number of carbonyl (C=O) groups excluding carboxylic acids is 2. The molecule has 0 radical (unpaired) electrons. The zero-order valence-electron chi connectivity index (χ0n) is 9.46. The molecule has 0 N–H and O–H groups in total. The van der Waals surface area contributed by atoms with Gasteiger partial charge in [-0.05, 0) is 24.3 Å². The molecule has 18 heavy (non-hydrogen) atoms. The third-order valence-electron chi connectivity index (χ3n) is 2.54. The normalized spacial score (nSPS) is 21.0. The summed E-state index contributed by atoms with van der Waals surface area (Å²) in [7, 11) is 1.11. The van der Waals surface area contributed by atoms with Gasteiger partial charge in [0.25, 0.3) is 5.78 Å².